The Balaban J connectivity index is 0. The molecule has 0 aromatic heterocycles. The number of aliphatic hydroxyl groups excluding tert-OH is 1. The van der Waals surface area contributed by atoms with Crippen LogP contribution in [0.1, 0.15) is 0 Å². The molecular formula is C8H12CoO3. The van der Waals surface area contributed by atoms with Crippen LogP contribution in [0.5, 0.6) is 11.5 Å². The molecule has 0 amide bonds. The zero-order valence-corrected chi connectivity index (χ0v) is 7.99. The zero-order chi connectivity index (χ0) is 8.69. The van der Waals surface area contributed by atoms with E-state index in [1.165, 1.54) is 0 Å². The summed E-state index contributed by atoms with van der Waals surface area (Å²) >= 11 is 0. The third-order valence-corrected chi connectivity index (χ3v) is 1.07. The van der Waals surface area contributed by atoms with Crippen molar-refractivity contribution in [2.45, 2.75) is 0 Å². The molecule has 2 N–H and O–H groups in total. The third kappa shape index (κ3) is 5.01. The van der Waals surface area contributed by atoms with Gasteiger partial charge in [-0.3, -0.25) is 0 Å². The van der Waals surface area contributed by atoms with Crippen molar-refractivity contribution >= 4 is 0 Å². The molecule has 0 aliphatic carbocycles. The van der Waals surface area contributed by atoms with Crippen molar-refractivity contribution in [3.05, 3.63) is 24.3 Å². The first-order valence-corrected chi connectivity index (χ1v) is 3.10. The summed E-state index contributed by atoms with van der Waals surface area (Å²) < 4.78 is 4.86. The topological polar surface area (TPSA) is 49.7 Å². The number of ether oxygens (including phenoxy) is 1. The molecule has 0 fully saturated rings. The standard InChI is InChI=1S/C7H8O2.CH4O.Co/c1-9-7-4-2-6(8)3-5-7;1-2;/h2-5,8H,1H3;2H,1H3;. The van der Waals surface area contributed by atoms with E-state index in [4.69, 9.17) is 14.9 Å². The van der Waals surface area contributed by atoms with Crippen molar-refractivity contribution < 1.29 is 31.7 Å². The van der Waals surface area contributed by atoms with Gasteiger partial charge in [-0.25, -0.2) is 0 Å². The molecule has 0 spiro atoms. The average molecular weight is 215 g/mol. The second-order valence-electron chi connectivity index (χ2n) is 1.70. The number of hydrogen-bond acceptors (Lipinski definition) is 3. The Labute approximate surface area is 82.2 Å². The molecule has 0 aliphatic rings. The summed E-state index contributed by atoms with van der Waals surface area (Å²) in [6.07, 6.45) is 0. The molecule has 12 heavy (non-hydrogen) atoms. The van der Waals surface area contributed by atoms with E-state index in [9.17, 15) is 0 Å². The van der Waals surface area contributed by atoms with E-state index in [1.54, 1.807) is 31.4 Å². The summed E-state index contributed by atoms with van der Waals surface area (Å²) in [4.78, 5) is 0. The number of hydrogen-bond donors (Lipinski definition) is 2. The molecule has 0 aliphatic heterocycles. The van der Waals surface area contributed by atoms with Crippen LogP contribution in [0.25, 0.3) is 0 Å². The molecule has 1 aromatic rings. The largest absolute Gasteiger partial charge is 0.508 e. The Hall–Kier alpha value is -0.714. The summed E-state index contributed by atoms with van der Waals surface area (Å²) in [6.45, 7) is 0. The van der Waals surface area contributed by atoms with Crippen molar-refractivity contribution in [2.75, 3.05) is 14.2 Å². The van der Waals surface area contributed by atoms with Gasteiger partial charge in [0.15, 0.2) is 0 Å². The molecule has 1 rings (SSSR count). The van der Waals surface area contributed by atoms with E-state index in [1.807, 2.05) is 0 Å². The average Bonchev–Trinajstić information content (AvgIpc) is 2.10. The fourth-order valence-electron chi connectivity index (χ4n) is 0.582. The van der Waals surface area contributed by atoms with Gasteiger partial charge in [0.2, 0.25) is 0 Å². The molecule has 0 atom stereocenters. The van der Waals surface area contributed by atoms with Crippen LogP contribution in [0.4, 0.5) is 0 Å². The van der Waals surface area contributed by atoms with Crippen LogP contribution >= 0.6 is 0 Å². The molecule has 0 bridgehead atoms. The van der Waals surface area contributed by atoms with Crippen LogP contribution in [0, 0.1) is 0 Å². The van der Waals surface area contributed by atoms with E-state index < -0.39 is 0 Å². The van der Waals surface area contributed by atoms with Gasteiger partial charge in [-0.15, -0.1) is 0 Å². The third-order valence-electron chi connectivity index (χ3n) is 1.07. The molecule has 71 valence electrons. The van der Waals surface area contributed by atoms with Crippen LogP contribution < -0.4 is 4.74 Å². The van der Waals surface area contributed by atoms with Gasteiger partial charge in [-0.05, 0) is 24.3 Å². The van der Waals surface area contributed by atoms with Crippen molar-refractivity contribution in [3.63, 3.8) is 0 Å². The van der Waals surface area contributed by atoms with Gasteiger partial charge < -0.3 is 14.9 Å². The molecule has 1 radical (unpaired) electrons. The van der Waals surface area contributed by atoms with Crippen LogP contribution in [-0.4, -0.2) is 24.4 Å². The van der Waals surface area contributed by atoms with Gasteiger partial charge >= 0.3 is 0 Å². The number of aromatic hydroxyl groups is 1. The molecule has 0 saturated carbocycles. The van der Waals surface area contributed by atoms with Crippen molar-refractivity contribution in [2.24, 2.45) is 0 Å². The number of phenols is 1. The number of benzene rings is 1. The predicted molar refractivity (Wildman–Crippen MR) is 42.8 cm³/mol. The smallest absolute Gasteiger partial charge is 0.119 e. The number of phenolic OH excluding ortho intramolecular Hbond substituents is 1. The molecule has 0 heterocycles. The Bertz CT molecular complexity index is 186. The minimum Gasteiger partial charge on any atom is -0.508 e. The van der Waals surface area contributed by atoms with Crippen molar-refractivity contribution in [1.29, 1.82) is 0 Å². The fraction of sp³-hybridized carbons (Fsp3) is 0.250. The van der Waals surface area contributed by atoms with Gasteiger partial charge in [0.1, 0.15) is 11.5 Å². The first-order valence-electron chi connectivity index (χ1n) is 3.10. The second kappa shape index (κ2) is 8.38. The summed E-state index contributed by atoms with van der Waals surface area (Å²) in [6, 6.07) is 6.57. The molecule has 4 heteroatoms. The Morgan fingerprint density at radius 2 is 1.50 bits per heavy atom. The maximum atomic E-state index is 8.80. The summed E-state index contributed by atoms with van der Waals surface area (Å²) in [7, 11) is 2.59. The molecule has 0 unspecified atom stereocenters. The van der Waals surface area contributed by atoms with E-state index in [-0.39, 0.29) is 22.5 Å². The Morgan fingerprint density at radius 1 is 1.08 bits per heavy atom. The molecule has 0 saturated heterocycles. The van der Waals surface area contributed by atoms with E-state index in [0.717, 1.165) is 12.9 Å². The molecule has 1 aromatic carbocycles. The molecule has 3 nitrogen and oxygen atoms in total. The maximum Gasteiger partial charge on any atom is 0.119 e. The van der Waals surface area contributed by atoms with Crippen molar-refractivity contribution in [1.82, 2.24) is 0 Å². The first kappa shape index (κ1) is 13.8. The Morgan fingerprint density at radius 3 is 1.83 bits per heavy atom. The number of methoxy groups -OCH3 is 1. The minimum atomic E-state index is 0. The van der Waals surface area contributed by atoms with Gasteiger partial charge in [0, 0.05) is 23.9 Å². The molecular weight excluding hydrogens is 203 g/mol. The first-order chi connectivity index (χ1) is 5.33. The van der Waals surface area contributed by atoms with Crippen LogP contribution in [0.3, 0.4) is 0 Å². The van der Waals surface area contributed by atoms with E-state index in [2.05, 4.69) is 0 Å². The zero-order valence-electron chi connectivity index (χ0n) is 6.95. The van der Waals surface area contributed by atoms with Crippen LogP contribution in [-0.2, 0) is 16.8 Å². The van der Waals surface area contributed by atoms with E-state index in [0.29, 0.717) is 0 Å². The monoisotopic (exact) mass is 215 g/mol. The fourth-order valence-corrected chi connectivity index (χ4v) is 0.582. The van der Waals surface area contributed by atoms with Crippen LogP contribution in [0.2, 0.25) is 0 Å². The van der Waals surface area contributed by atoms with Crippen molar-refractivity contribution in [3.8, 4) is 11.5 Å². The SMILES string of the molecule is CO.COc1ccc(O)cc1.[Co]. The predicted octanol–water partition coefficient (Wildman–Crippen LogP) is 1.01. The summed E-state index contributed by atoms with van der Waals surface area (Å²) in [5.41, 5.74) is 0. The summed E-state index contributed by atoms with van der Waals surface area (Å²) in [5.74, 6) is 1.02. The normalized spacial score (nSPS) is 7.25. The number of rotatable bonds is 1. The quantitative estimate of drug-likeness (QED) is 0.734. The Kier molecular flexibility index (Phi) is 9.67. The van der Waals surface area contributed by atoms with Gasteiger partial charge in [-0.1, -0.05) is 0 Å². The second-order valence-corrected chi connectivity index (χ2v) is 1.70. The summed E-state index contributed by atoms with van der Waals surface area (Å²) in [5, 5.41) is 15.8. The maximum absolute atomic E-state index is 8.80. The van der Waals surface area contributed by atoms with Gasteiger partial charge in [0.05, 0.1) is 7.11 Å². The minimum absolute atomic E-state index is 0. The van der Waals surface area contributed by atoms with Gasteiger partial charge in [-0.2, -0.15) is 0 Å². The van der Waals surface area contributed by atoms with Crippen LogP contribution in [0.15, 0.2) is 24.3 Å². The number of aliphatic hydroxyl groups is 1. The van der Waals surface area contributed by atoms with E-state index >= 15 is 0 Å². The van der Waals surface area contributed by atoms with Gasteiger partial charge in [0.25, 0.3) is 0 Å².